The van der Waals surface area contributed by atoms with Crippen LogP contribution in [0.2, 0.25) is 0 Å². The summed E-state index contributed by atoms with van der Waals surface area (Å²) in [5, 5.41) is 3.41. The van der Waals surface area contributed by atoms with E-state index in [-0.39, 0.29) is 23.5 Å². The number of fused-ring (bicyclic) bond motifs is 1. The number of thiazole rings is 1. The van der Waals surface area contributed by atoms with Crippen molar-refractivity contribution in [3.05, 3.63) is 52.6 Å². The fourth-order valence-electron chi connectivity index (χ4n) is 4.25. The first kappa shape index (κ1) is 26.0. The number of aryl methyl sites for hydroxylation is 1. The molecule has 0 radical (unpaired) electrons. The number of aromatic nitrogens is 3. The summed E-state index contributed by atoms with van der Waals surface area (Å²) in [7, 11) is 0. The lowest BCUT2D eigenvalue weighted by Gasteiger charge is -2.43. The molecule has 1 N–H and O–H groups in total. The standard InChI is InChI=1S/C25H24F3N5O4S/c1-13-6-29-22(38-13)17-4-15(21(35)32-14(2)16-7-30-23(31-8-16)25(26,27)28)5-18-20(17)37-9-19(34)33(18)10-24(3)11-36-12-24/h4-8,14H,9-12H2,1-3H3,(H,32,35)/t14-/m1/s1. The van der Waals surface area contributed by atoms with E-state index in [0.29, 0.717) is 47.3 Å². The van der Waals surface area contributed by atoms with Crippen molar-refractivity contribution >= 4 is 28.8 Å². The number of amides is 2. The Morgan fingerprint density at radius 1 is 1.21 bits per heavy atom. The van der Waals surface area contributed by atoms with E-state index < -0.39 is 23.9 Å². The Morgan fingerprint density at radius 3 is 2.50 bits per heavy atom. The Bertz CT molecular complexity index is 1390. The molecule has 0 bridgehead atoms. The topological polar surface area (TPSA) is 107 Å². The fourth-order valence-corrected chi connectivity index (χ4v) is 5.03. The van der Waals surface area contributed by atoms with Crippen molar-refractivity contribution in [2.75, 3.05) is 31.3 Å². The molecule has 13 heteroatoms. The Kier molecular flexibility index (Phi) is 6.59. The van der Waals surface area contributed by atoms with Crippen LogP contribution in [-0.2, 0) is 15.7 Å². The number of hydrogen-bond donors (Lipinski definition) is 1. The minimum absolute atomic E-state index is 0.141. The number of alkyl halides is 3. The number of ether oxygens (including phenoxy) is 2. The van der Waals surface area contributed by atoms with Crippen LogP contribution in [-0.4, -0.2) is 53.1 Å². The third kappa shape index (κ3) is 5.07. The van der Waals surface area contributed by atoms with Gasteiger partial charge in [-0.05, 0) is 26.0 Å². The maximum Gasteiger partial charge on any atom is 0.451 e. The molecule has 4 heterocycles. The van der Waals surface area contributed by atoms with Gasteiger partial charge in [-0.2, -0.15) is 13.2 Å². The van der Waals surface area contributed by atoms with E-state index in [1.165, 1.54) is 11.3 Å². The van der Waals surface area contributed by atoms with Crippen LogP contribution in [0, 0.1) is 12.3 Å². The molecular formula is C25H24F3N5O4S. The summed E-state index contributed by atoms with van der Waals surface area (Å²) < 4.78 is 49.7. The lowest BCUT2D eigenvalue weighted by atomic mass is 9.87. The van der Waals surface area contributed by atoms with Crippen LogP contribution in [0.5, 0.6) is 5.75 Å². The highest BCUT2D eigenvalue weighted by atomic mass is 32.1. The average Bonchev–Trinajstić information content (AvgIpc) is 3.29. The maximum atomic E-state index is 13.4. The first-order valence-electron chi connectivity index (χ1n) is 11.8. The molecule has 200 valence electrons. The van der Waals surface area contributed by atoms with E-state index >= 15 is 0 Å². The van der Waals surface area contributed by atoms with Crippen LogP contribution in [0.15, 0.2) is 30.7 Å². The maximum absolute atomic E-state index is 13.4. The molecule has 2 amide bonds. The number of anilines is 1. The van der Waals surface area contributed by atoms with Gasteiger partial charge in [0.05, 0.1) is 30.5 Å². The summed E-state index contributed by atoms with van der Waals surface area (Å²) in [6.45, 7) is 6.82. The monoisotopic (exact) mass is 547 g/mol. The predicted octanol–water partition coefficient (Wildman–Crippen LogP) is 4.18. The van der Waals surface area contributed by atoms with Crippen LogP contribution in [0.1, 0.15) is 46.5 Å². The van der Waals surface area contributed by atoms with Gasteiger partial charge >= 0.3 is 6.18 Å². The number of carbonyl (C=O) groups excluding carboxylic acids is 2. The smallest absolute Gasteiger partial charge is 0.451 e. The first-order valence-corrected chi connectivity index (χ1v) is 12.6. The van der Waals surface area contributed by atoms with E-state index in [1.54, 1.807) is 30.2 Å². The number of hydrogen-bond acceptors (Lipinski definition) is 8. The number of benzene rings is 1. The highest BCUT2D eigenvalue weighted by Gasteiger charge is 2.40. The fraction of sp³-hybridized carbons (Fsp3) is 0.400. The SMILES string of the molecule is Cc1cnc(-c2cc(C(=O)N[C@H](C)c3cnc(C(F)(F)F)nc3)cc3c2OCC(=O)N3CC2(C)COC2)s1. The molecule has 1 fully saturated rings. The van der Waals surface area contributed by atoms with Gasteiger partial charge in [0, 0.05) is 46.6 Å². The lowest BCUT2D eigenvalue weighted by molar-refractivity contribution is -0.145. The molecule has 3 aromatic rings. The molecule has 0 spiro atoms. The molecule has 38 heavy (non-hydrogen) atoms. The second-order valence-electron chi connectivity index (χ2n) is 9.75. The number of carbonyl (C=O) groups is 2. The van der Waals surface area contributed by atoms with Gasteiger partial charge in [0.15, 0.2) is 12.4 Å². The van der Waals surface area contributed by atoms with E-state index in [4.69, 9.17) is 9.47 Å². The van der Waals surface area contributed by atoms with Crippen LogP contribution < -0.4 is 15.0 Å². The van der Waals surface area contributed by atoms with Crippen molar-refractivity contribution in [1.82, 2.24) is 20.3 Å². The van der Waals surface area contributed by atoms with Crippen molar-refractivity contribution in [3.63, 3.8) is 0 Å². The molecule has 0 aliphatic carbocycles. The number of rotatable bonds is 6. The van der Waals surface area contributed by atoms with Crippen LogP contribution >= 0.6 is 11.3 Å². The van der Waals surface area contributed by atoms with Gasteiger partial charge in [-0.3, -0.25) is 9.59 Å². The summed E-state index contributed by atoms with van der Waals surface area (Å²) >= 11 is 1.42. The molecule has 0 saturated carbocycles. The van der Waals surface area contributed by atoms with Crippen LogP contribution in [0.3, 0.4) is 0 Å². The zero-order chi connectivity index (χ0) is 27.2. The first-order chi connectivity index (χ1) is 17.9. The highest BCUT2D eigenvalue weighted by molar-refractivity contribution is 7.15. The van der Waals surface area contributed by atoms with Gasteiger partial charge in [0.25, 0.3) is 11.8 Å². The van der Waals surface area contributed by atoms with Gasteiger partial charge in [0.1, 0.15) is 5.01 Å². The van der Waals surface area contributed by atoms with Gasteiger partial charge in [-0.25, -0.2) is 15.0 Å². The van der Waals surface area contributed by atoms with Gasteiger partial charge < -0.3 is 19.7 Å². The molecule has 0 unspecified atom stereocenters. The molecule has 1 saturated heterocycles. The minimum atomic E-state index is -4.66. The number of nitrogens with zero attached hydrogens (tertiary/aromatic N) is 4. The largest absolute Gasteiger partial charge is 0.481 e. The van der Waals surface area contributed by atoms with Gasteiger partial charge in [-0.15, -0.1) is 11.3 Å². The summed E-state index contributed by atoms with van der Waals surface area (Å²) in [6, 6.07) is 2.54. The summed E-state index contributed by atoms with van der Waals surface area (Å²) in [6.07, 6.45) is -0.878. The van der Waals surface area contributed by atoms with Crippen molar-refractivity contribution in [2.45, 2.75) is 33.0 Å². The Labute approximate surface area is 220 Å². The molecular weight excluding hydrogens is 523 g/mol. The van der Waals surface area contributed by atoms with E-state index in [2.05, 4.69) is 20.3 Å². The molecule has 2 aliphatic rings. The minimum Gasteiger partial charge on any atom is -0.481 e. The normalized spacial score (nSPS) is 17.3. The zero-order valence-corrected chi connectivity index (χ0v) is 21.6. The number of halogens is 3. The zero-order valence-electron chi connectivity index (χ0n) is 20.8. The molecule has 1 atom stereocenters. The predicted molar refractivity (Wildman–Crippen MR) is 132 cm³/mol. The van der Waals surface area contributed by atoms with Crippen LogP contribution in [0.4, 0.5) is 18.9 Å². The third-order valence-electron chi connectivity index (χ3n) is 6.33. The second kappa shape index (κ2) is 9.62. The third-order valence-corrected chi connectivity index (χ3v) is 7.27. The lowest BCUT2D eigenvalue weighted by Crippen LogP contribution is -2.52. The molecule has 2 aliphatic heterocycles. The van der Waals surface area contributed by atoms with Gasteiger partial charge in [-0.1, -0.05) is 6.92 Å². The van der Waals surface area contributed by atoms with E-state index in [1.807, 2.05) is 13.8 Å². The molecule has 1 aromatic carbocycles. The average molecular weight is 548 g/mol. The Balaban J connectivity index is 1.49. The summed E-state index contributed by atoms with van der Waals surface area (Å²) in [4.78, 5) is 40.0. The van der Waals surface area contributed by atoms with Gasteiger partial charge in [0.2, 0.25) is 5.82 Å². The molecule has 5 rings (SSSR count). The summed E-state index contributed by atoms with van der Waals surface area (Å²) in [5.74, 6) is -1.53. The molecule has 2 aromatic heterocycles. The van der Waals surface area contributed by atoms with Crippen molar-refractivity contribution in [3.8, 4) is 16.3 Å². The highest BCUT2D eigenvalue weighted by Crippen LogP contribution is 2.44. The Hall–Kier alpha value is -3.58. The summed E-state index contributed by atoms with van der Waals surface area (Å²) in [5.41, 5.74) is 1.35. The van der Waals surface area contributed by atoms with E-state index in [9.17, 15) is 22.8 Å². The Morgan fingerprint density at radius 2 is 1.92 bits per heavy atom. The van der Waals surface area contributed by atoms with Crippen molar-refractivity contribution in [2.24, 2.45) is 5.41 Å². The second-order valence-corrected chi connectivity index (χ2v) is 11.0. The van der Waals surface area contributed by atoms with E-state index in [0.717, 1.165) is 17.3 Å². The molecule has 9 nitrogen and oxygen atoms in total. The van der Waals surface area contributed by atoms with Crippen molar-refractivity contribution in [1.29, 1.82) is 0 Å². The quantitative estimate of drug-likeness (QED) is 0.494. The van der Waals surface area contributed by atoms with Crippen molar-refractivity contribution < 1.29 is 32.2 Å². The number of nitrogens with one attached hydrogen (secondary N) is 1. The van der Waals surface area contributed by atoms with Crippen LogP contribution in [0.25, 0.3) is 10.6 Å².